The number of aliphatic imine (C=N–C) groups is 1. The number of carbonyl (C=O) groups is 1. The maximum absolute atomic E-state index is 12.3. The molecule has 0 unspecified atom stereocenters. The fraction of sp³-hybridized carbons (Fsp3) is 0.333. The smallest absolute Gasteiger partial charge is 0.251 e. The van der Waals surface area contributed by atoms with Gasteiger partial charge in [-0.2, -0.15) is 0 Å². The highest BCUT2D eigenvalue weighted by Gasteiger charge is 2.06. The highest BCUT2D eigenvalue weighted by atomic mass is 127. The molecule has 6 nitrogen and oxygen atoms in total. The van der Waals surface area contributed by atoms with Gasteiger partial charge in [0.1, 0.15) is 0 Å². The van der Waals surface area contributed by atoms with Crippen molar-refractivity contribution in [1.82, 2.24) is 20.9 Å². The summed E-state index contributed by atoms with van der Waals surface area (Å²) in [5, 5.41) is 10.2. The van der Waals surface area contributed by atoms with Crippen LogP contribution >= 0.6 is 35.6 Å². The number of nitrogens with one attached hydrogen (secondary N) is 3. The van der Waals surface area contributed by atoms with Crippen molar-refractivity contribution in [2.24, 2.45) is 4.99 Å². The average Bonchev–Trinajstić information content (AvgIpc) is 2.69. The van der Waals surface area contributed by atoms with E-state index < -0.39 is 0 Å². The lowest BCUT2D eigenvalue weighted by Crippen LogP contribution is -2.36. The Hall–Kier alpha value is -1.84. The number of hydrogen-bond donors (Lipinski definition) is 3. The third kappa shape index (κ3) is 9.47. The molecule has 0 aliphatic carbocycles. The molecule has 0 fully saturated rings. The van der Waals surface area contributed by atoms with Gasteiger partial charge in [0.25, 0.3) is 5.91 Å². The number of amides is 1. The lowest BCUT2D eigenvalue weighted by molar-refractivity contribution is 0.0951. The molecule has 0 aliphatic heterocycles. The molecule has 0 spiro atoms. The Morgan fingerprint density at radius 3 is 2.28 bits per heavy atom. The molecule has 1 amide bonds. The van der Waals surface area contributed by atoms with Gasteiger partial charge >= 0.3 is 0 Å². The maximum atomic E-state index is 12.3. The third-order valence-corrected chi connectivity index (χ3v) is 4.34. The van der Waals surface area contributed by atoms with Gasteiger partial charge in [0, 0.05) is 43.8 Å². The monoisotopic (exact) mass is 529 g/mol. The fourth-order valence-corrected chi connectivity index (χ4v) is 2.64. The number of rotatable bonds is 8. The highest BCUT2D eigenvalue weighted by Crippen LogP contribution is 2.09. The van der Waals surface area contributed by atoms with E-state index in [2.05, 4.69) is 20.9 Å². The van der Waals surface area contributed by atoms with E-state index in [0.717, 1.165) is 22.7 Å². The van der Waals surface area contributed by atoms with Crippen LogP contribution in [0.5, 0.6) is 0 Å². The number of benzene rings is 2. The van der Waals surface area contributed by atoms with Crippen LogP contribution in [0.15, 0.2) is 53.5 Å². The minimum absolute atomic E-state index is 0. The summed E-state index contributed by atoms with van der Waals surface area (Å²) in [7, 11) is 5.68. The van der Waals surface area contributed by atoms with Crippen LogP contribution < -0.4 is 16.0 Å². The summed E-state index contributed by atoms with van der Waals surface area (Å²) in [5.74, 6) is 0.629. The van der Waals surface area contributed by atoms with Crippen molar-refractivity contribution < 1.29 is 4.79 Å². The zero-order chi connectivity index (χ0) is 20.4. The van der Waals surface area contributed by atoms with Gasteiger partial charge in [0.05, 0.1) is 0 Å². The molecule has 2 rings (SSSR count). The molecule has 0 aromatic heterocycles. The molecular weight excluding hydrogens is 501 g/mol. The summed E-state index contributed by atoms with van der Waals surface area (Å²) in [5.41, 5.74) is 2.78. The first-order valence-electron chi connectivity index (χ1n) is 9.19. The quantitative estimate of drug-likeness (QED) is 0.279. The van der Waals surface area contributed by atoms with Crippen molar-refractivity contribution in [3.8, 4) is 0 Å². The summed E-state index contributed by atoms with van der Waals surface area (Å²) in [6.07, 6.45) is 0. The standard InChI is InChI=1S/C21H28ClN5O.HI/c1-23-21(25-14-16-7-9-19(22)10-8-16)26-15-17-5-4-6-18(13-17)20(28)24-11-12-27(2)3;/h4-10,13H,11-12,14-15H2,1-3H3,(H,24,28)(H2,23,25,26);1H. The van der Waals surface area contributed by atoms with Crippen LogP contribution in [0.1, 0.15) is 21.5 Å². The van der Waals surface area contributed by atoms with Crippen molar-refractivity contribution in [3.05, 3.63) is 70.2 Å². The van der Waals surface area contributed by atoms with Crippen LogP contribution in [-0.4, -0.2) is 51.0 Å². The van der Waals surface area contributed by atoms with E-state index in [1.54, 1.807) is 7.05 Å². The molecule has 0 saturated carbocycles. The molecule has 0 aliphatic rings. The largest absolute Gasteiger partial charge is 0.352 e. The Morgan fingerprint density at radius 2 is 1.66 bits per heavy atom. The van der Waals surface area contributed by atoms with Gasteiger partial charge in [-0.15, -0.1) is 24.0 Å². The maximum Gasteiger partial charge on any atom is 0.251 e. The highest BCUT2D eigenvalue weighted by molar-refractivity contribution is 14.0. The van der Waals surface area contributed by atoms with Crippen molar-refractivity contribution in [2.75, 3.05) is 34.2 Å². The summed E-state index contributed by atoms with van der Waals surface area (Å²) in [6.45, 7) is 2.64. The Labute approximate surface area is 195 Å². The number of carbonyl (C=O) groups excluding carboxylic acids is 1. The van der Waals surface area contributed by atoms with Crippen LogP contribution in [0.4, 0.5) is 0 Å². The molecule has 2 aromatic carbocycles. The Balaban J connectivity index is 0.00000420. The number of hydrogen-bond acceptors (Lipinski definition) is 3. The van der Waals surface area contributed by atoms with Gasteiger partial charge in [0.15, 0.2) is 5.96 Å². The van der Waals surface area contributed by atoms with Crippen molar-refractivity contribution in [3.63, 3.8) is 0 Å². The molecule has 8 heteroatoms. The van der Waals surface area contributed by atoms with E-state index >= 15 is 0 Å². The van der Waals surface area contributed by atoms with Crippen LogP contribution in [0.25, 0.3) is 0 Å². The van der Waals surface area contributed by atoms with Crippen LogP contribution in [0.3, 0.4) is 0 Å². The zero-order valence-corrected chi connectivity index (χ0v) is 20.1. The number of nitrogens with zero attached hydrogens (tertiary/aromatic N) is 2. The summed E-state index contributed by atoms with van der Waals surface area (Å²) in [6, 6.07) is 15.3. The van der Waals surface area contributed by atoms with E-state index in [4.69, 9.17) is 11.6 Å². The van der Waals surface area contributed by atoms with E-state index in [-0.39, 0.29) is 29.9 Å². The van der Waals surface area contributed by atoms with Crippen LogP contribution in [0.2, 0.25) is 5.02 Å². The van der Waals surface area contributed by atoms with Crippen LogP contribution in [0, 0.1) is 0 Å². The van der Waals surface area contributed by atoms with Gasteiger partial charge in [-0.1, -0.05) is 35.9 Å². The number of guanidine groups is 1. The van der Waals surface area contributed by atoms with E-state index in [9.17, 15) is 4.79 Å². The fourth-order valence-electron chi connectivity index (χ4n) is 2.51. The van der Waals surface area contributed by atoms with E-state index in [0.29, 0.717) is 31.2 Å². The first-order valence-corrected chi connectivity index (χ1v) is 9.56. The summed E-state index contributed by atoms with van der Waals surface area (Å²) >= 11 is 5.91. The predicted molar refractivity (Wildman–Crippen MR) is 131 cm³/mol. The minimum Gasteiger partial charge on any atom is -0.352 e. The van der Waals surface area contributed by atoms with Gasteiger partial charge in [-0.05, 0) is 49.5 Å². The van der Waals surface area contributed by atoms with E-state index in [1.807, 2.05) is 67.5 Å². The molecule has 0 heterocycles. The predicted octanol–water partition coefficient (Wildman–Crippen LogP) is 3.11. The van der Waals surface area contributed by atoms with Crippen molar-refractivity contribution in [1.29, 1.82) is 0 Å². The number of halogens is 2. The molecule has 0 atom stereocenters. The molecule has 0 bridgehead atoms. The van der Waals surface area contributed by atoms with Gasteiger partial charge in [-0.25, -0.2) is 0 Å². The van der Waals surface area contributed by atoms with Crippen molar-refractivity contribution in [2.45, 2.75) is 13.1 Å². The minimum atomic E-state index is -0.0612. The average molecular weight is 530 g/mol. The van der Waals surface area contributed by atoms with Gasteiger partial charge < -0.3 is 20.9 Å². The first-order chi connectivity index (χ1) is 13.5. The molecular formula is C21H29ClIN5O. The first kappa shape index (κ1) is 25.2. The second kappa shape index (κ2) is 13.4. The zero-order valence-electron chi connectivity index (χ0n) is 17.0. The van der Waals surface area contributed by atoms with Crippen LogP contribution in [-0.2, 0) is 13.1 Å². The second-order valence-electron chi connectivity index (χ2n) is 6.67. The summed E-state index contributed by atoms with van der Waals surface area (Å²) in [4.78, 5) is 18.5. The summed E-state index contributed by atoms with van der Waals surface area (Å²) < 4.78 is 0. The van der Waals surface area contributed by atoms with E-state index in [1.165, 1.54) is 0 Å². The molecule has 158 valence electrons. The lowest BCUT2D eigenvalue weighted by atomic mass is 10.1. The van der Waals surface area contributed by atoms with Crippen molar-refractivity contribution >= 4 is 47.4 Å². The molecule has 29 heavy (non-hydrogen) atoms. The second-order valence-corrected chi connectivity index (χ2v) is 7.10. The van der Waals surface area contributed by atoms with Gasteiger partial charge in [-0.3, -0.25) is 9.79 Å². The molecule has 3 N–H and O–H groups in total. The third-order valence-electron chi connectivity index (χ3n) is 4.09. The molecule has 0 saturated heterocycles. The molecule has 2 aromatic rings. The normalized spacial score (nSPS) is 11.0. The Morgan fingerprint density at radius 1 is 1.00 bits per heavy atom. The topological polar surface area (TPSA) is 68.8 Å². The Kier molecular flexibility index (Phi) is 11.6. The Bertz CT molecular complexity index is 796. The van der Waals surface area contributed by atoms with Gasteiger partial charge in [0.2, 0.25) is 0 Å². The SMILES string of the molecule is CN=C(NCc1ccc(Cl)cc1)NCc1cccc(C(=O)NCCN(C)C)c1.I. The number of likely N-dealkylation sites (N-methyl/N-ethyl adjacent to an activating group) is 1. The lowest BCUT2D eigenvalue weighted by Gasteiger charge is -2.13. The molecule has 0 radical (unpaired) electrons.